The van der Waals surface area contributed by atoms with Gasteiger partial charge in [0.05, 0.1) is 18.6 Å². The Morgan fingerprint density at radius 2 is 1.71 bits per heavy atom. The number of benzene rings is 2. The molecule has 5 rings (SSSR count). The largest absolute Gasteiger partial charge is 0.461 e. The highest BCUT2D eigenvalue weighted by Crippen LogP contribution is 2.28. The molecule has 154 valence electrons. The van der Waals surface area contributed by atoms with Crippen LogP contribution in [-0.4, -0.2) is 25.0 Å². The Morgan fingerprint density at radius 3 is 2.48 bits per heavy atom. The first-order valence-electron chi connectivity index (χ1n) is 9.48. The first-order chi connectivity index (χ1) is 15.3. The van der Waals surface area contributed by atoms with E-state index in [9.17, 15) is 0 Å². The fraction of sp³-hybridized carbons (Fsp3) is 0.0909. The van der Waals surface area contributed by atoms with Crippen LogP contribution >= 0.6 is 27.7 Å². The molecule has 5 aromatic rings. The van der Waals surface area contributed by atoms with Crippen LogP contribution in [0.1, 0.15) is 11.5 Å². The van der Waals surface area contributed by atoms with Gasteiger partial charge in [-0.25, -0.2) is 0 Å². The summed E-state index contributed by atoms with van der Waals surface area (Å²) in [4.78, 5) is 0. The molecule has 31 heavy (non-hydrogen) atoms. The standard InChI is InChI=1S/C22H16BrN5O2S/c23-17-10-8-16(9-11-17)21-26-24-19(30-21)14-31-22-27-25-20(18-7-4-12-29-18)28(22)13-15-5-2-1-3-6-15/h1-12H,13-14H2. The SMILES string of the molecule is Brc1ccc(-c2nnc(CSc3nnc(-c4ccco4)n3Cc3ccccc3)o2)cc1. The zero-order chi connectivity index (χ0) is 21.0. The van der Waals surface area contributed by atoms with Crippen molar-refractivity contribution in [1.29, 1.82) is 0 Å². The van der Waals surface area contributed by atoms with E-state index in [1.807, 2.05) is 59.2 Å². The van der Waals surface area contributed by atoms with Gasteiger partial charge in [0.2, 0.25) is 17.6 Å². The number of furan rings is 1. The first-order valence-corrected chi connectivity index (χ1v) is 11.3. The van der Waals surface area contributed by atoms with Gasteiger partial charge in [0.1, 0.15) is 0 Å². The molecule has 3 aromatic heterocycles. The summed E-state index contributed by atoms with van der Waals surface area (Å²) >= 11 is 4.92. The number of hydrogen-bond donors (Lipinski definition) is 0. The maximum absolute atomic E-state index is 5.83. The quantitative estimate of drug-likeness (QED) is 0.269. The normalized spacial score (nSPS) is 11.1. The fourth-order valence-corrected chi connectivity index (χ4v) is 4.08. The van der Waals surface area contributed by atoms with E-state index in [4.69, 9.17) is 8.83 Å². The minimum Gasteiger partial charge on any atom is -0.461 e. The Kier molecular flexibility index (Phi) is 5.68. The van der Waals surface area contributed by atoms with E-state index in [2.05, 4.69) is 48.5 Å². The first kappa shape index (κ1) is 19.8. The lowest BCUT2D eigenvalue weighted by atomic mass is 10.2. The minimum atomic E-state index is 0.481. The third-order valence-electron chi connectivity index (χ3n) is 4.52. The average molecular weight is 494 g/mol. The van der Waals surface area contributed by atoms with Gasteiger partial charge in [0.25, 0.3) is 0 Å². The zero-order valence-corrected chi connectivity index (χ0v) is 18.6. The van der Waals surface area contributed by atoms with Crippen LogP contribution in [0.5, 0.6) is 0 Å². The van der Waals surface area contributed by atoms with Gasteiger partial charge >= 0.3 is 0 Å². The van der Waals surface area contributed by atoms with Gasteiger partial charge in [-0.1, -0.05) is 58.0 Å². The molecular formula is C22H16BrN5O2S. The van der Waals surface area contributed by atoms with Crippen LogP contribution in [0.2, 0.25) is 0 Å². The molecule has 9 heteroatoms. The molecule has 0 fully saturated rings. The molecule has 0 aliphatic carbocycles. The molecule has 0 N–H and O–H groups in total. The second-order valence-corrected chi connectivity index (χ2v) is 8.51. The average Bonchev–Trinajstić information content (AvgIpc) is 3.55. The second kappa shape index (κ2) is 8.91. The van der Waals surface area contributed by atoms with Crippen LogP contribution in [0.3, 0.4) is 0 Å². The summed E-state index contributed by atoms with van der Waals surface area (Å²) in [5, 5.41) is 17.8. The molecule has 0 saturated carbocycles. The van der Waals surface area contributed by atoms with E-state index in [1.54, 1.807) is 6.26 Å². The molecule has 7 nitrogen and oxygen atoms in total. The third kappa shape index (κ3) is 4.47. The van der Waals surface area contributed by atoms with Crippen LogP contribution in [0.15, 0.2) is 91.5 Å². The van der Waals surface area contributed by atoms with Crippen molar-refractivity contribution in [1.82, 2.24) is 25.0 Å². The predicted molar refractivity (Wildman–Crippen MR) is 120 cm³/mol. The third-order valence-corrected chi connectivity index (χ3v) is 6.00. The van der Waals surface area contributed by atoms with Crippen molar-refractivity contribution in [2.75, 3.05) is 0 Å². The van der Waals surface area contributed by atoms with Crippen molar-refractivity contribution < 1.29 is 8.83 Å². The highest BCUT2D eigenvalue weighted by Gasteiger charge is 2.18. The molecule has 0 unspecified atom stereocenters. The number of nitrogens with zero attached hydrogens (tertiary/aromatic N) is 5. The van der Waals surface area contributed by atoms with Gasteiger partial charge in [0, 0.05) is 10.0 Å². The van der Waals surface area contributed by atoms with Gasteiger partial charge < -0.3 is 8.83 Å². The van der Waals surface area contributed by atoms with E-state index >= 15 is 0 Å². The van der Waals surface area contributed by atoms with Crippen LogP contribution in [0.25, 0.3) is 23.0 Å². The molecule has 0 amide bonds. The Balaban J connectivity index is 1.37. The van der Waals surface area contributed by atoms with E-state index in [1.165, 1.54) is 11.8 Å². The second-order valence-electron chi connectivity index (χ2n) is 6.65. The number of halogens is 1. The molecule has 0 aliphatic heterocycles. The van der Waals surface area contributed by atoms with Crippen molar-refractivity contribution >= 4 is 27.7 Å². The summed E-state index contributed by atoms with van der Waals surface area (Å²) in [5.41, 5.74) is 2.02. The van der Waals surface area contributed by atoms with Gasteiger partial charge in [-0.2, -0.15) is 0 Å². The Morgan fingerprint density at radius 1 is 0.871 bits per heavy atom. The Labute approximate surface area is 190 Å². The summed E-state index contributed by atoms with van der Waals surface area (Å²) in [7, 11) is 0. The number of aromatic nitrogens is 5. The highest BCUT2D eigenvalue weighted by atomic mass is 79.9. The lowest BCUT2D eigenvalue weighted by Crippen LogP contribution is -2.04. The summed E-state index contributed by atoms with van der Waals surface area (Å²) < 4.78 is 14.4. The van der Waals surface area contributed by atoms with E-state index in [0.29, 0.717) is 35.7 Å². The van der Waals surface area contributed by atoms with E-state index in [-0.39, 0.29) is 0 Å². The summed E-state index contributed by atoms with van der Waals surface area (Å²) in [6, 6.07) is 21.6. The van der Waals surface area contributed by atoms with Crippen LogP contribution in [-0.2, 0) is 12.3 Å². The number of thioether (sulfide) groups is 1. The summed E-state index contributed by atoms with van der Waals surface area (Å²) in [6.45, 7) is 0.625. The van der Waals surface area contributed by atoms with Gasteiger partial charge in [0.15, 0.2) is 10.9 Å². The molecule has 3 heterocycles. The molecule has 0 aliphatic rings. The maximum Gasteiger partial charge on any atom is 0.247 e. The smallest absolute Gasteiger partial charge is 0.247 e. The molecule has 0 atom stereocenters. The van der Waals surface area contributed by atoms with Crippen molar-refractivity contribution in [2.45, 2.75) is 17.5 Å². The van der Waals surface area contributed by atoms with E-state index < -0.39 is 0 Å². The molecule has 0 saturated heterocycles. The van der Waals surface area contributed by atoms with Crippen molar-refractivity contribution in [3.05, 3.63) is 88.9 Å². The topological polar surface area (TPSA) is 82.8 Å². The number of rotatable bonds is 7. The van der Waals surface area contributed by atoms with E-state index in [0.717, 1.165) is 20.8 Å². The van der Waals surface area contributed by atoms with Crippen molar-refractivity contribution in [3.8, 4) is 23.0 Å². The highest BCUT2D eigenvalue weighted by molar-refractivity contribution is 9.10. The monoisotopic (exact) mass is 493 g/mol. The molecule has 2 aromatic carbocycles. The summed E-state index contributed by atoms with van der Waals surface area (Å²) in [5.74, 6) is 2.85. The van der Waals surface area contributed by atoms with Gasteiger partial charge in [-0.3, -0.25) is 4.57 Å². The minimum absolute atomic E-state index is 0.481. The molecule has 0 spiro atoms. The Hall–Kier alpha value is -3.17. The van der Waals surface area contributed by atoms with Gasteiger partial charge in [-0.15, -0.1) is 20.4 Å². The van der Waals surface area contributed by atoms with Crippen LogP contribution < -0.4 is 0 Å². The predicted octanol–water partition coefficient (Wildman–Crippen LogP) is 5.69. The van der Waals surface area contributed by atoms with Crippen LogP contribution in [0.4, 0.5) is 0 Å². The molecule has 0 bridgehead atoms. The lowest BCUT2D eigenvalue weighted by Gasteiger charge is -2.08. The molecule has 0 radical (unpaired) electrons. The summed E-state index contributed by atoms with van der Waals surface area (Å²) in [6.07, 6.45) is 1.63. The Bertz CT molecular complexity index is 1270. The maximum atomic E-state index is 5.83. The fourth-order valence-electron chi connectivity index (χ4n) is 3.04. The van der Waals surface area contributed by atoms with Crippen molar-refractivity contribution in [3.63, 3.8) is 0 Å². The van der Waals surface area contributed by atoms with Gasteiger partial charge in [-0.05, 0) is 42.0 Å². The van der Waals surface area contributed by atoms with Crippen molar-refractivity contribution in [2.24, 2.45) is 0 Å². The number of hydrogen-bond acceptors (Lipinski definition) is 7. The lowest BCUT2D eigenvalue weighted by molar-refractivity contribution is 0.528. The van der Waals surface area contributed by atoms with Crippen LogP contribution in [0, 0.1) is 0 Å². The molecular weight excluding hydrogens is 478 g/mol. The zero-order valence-electron chi connectivity index (χ0n) is 16.2.